The largest absolute Gasteiger partial charge is 0.465 e. The third-order valence-electron chi connectivity index (χ3n) is 7.29. The van der Waals surface area contributed by atoms with E-state index in [4.69, 9.17) is 25.8 Å². The summed E-state index contributed by atoms with van der Waals surface area (Å²) in [7, 11) is 1.57. The van der Waals surface area contributed by atoms with Gasteiger partial charge in [-0.05, 0) is 54.3 Å². The van der Waals surface area contributed by atoms with Crippen LogP contribution in [0, 0.1) is 0 Å². The van der Waals surface area contributed by atoms with Crippen LogP contribution in [0.3, 0.4) is 0 Å². The van der Waals surface area contributed by atoms with Gasteiger partial charge in [0.05, 0.1) is 19.4 Å². The molecule has 8 nitrogen and oxygen atoms in total. The number of fused-ring (bicyclic) bond motifs is 4. The van der Waals surface area contributed by atoms with Crippen molar-refractivity contribution in [1.82, 2.24) is 4.67 Å². The lowest BCUT2D eigenvalue weighted by Gasteiger charge is -2.30. The van der Waals surface area contributed by atoms with Gasteiger partial charge in [0, 0.05) is 22.4 Å². The van der Waals surface area contributed by atoms with E-state index in [1.807, 2.05) is 43.3 Å². The van der Waals surface area contributed by atoms with Crippen molar-refractivity contribution in [3.8, 4) is 11.1 Å². The number of thiophene rings is 1. The number of carbonyl (C=O) groups excluding carboxylic acids is 2. The Hall–Kier alpha value is -4.69. The Kier molecular flexibility index (Phi) is 7.62. The van der Waals surface area contributed by atoms with E-state index in [0.717, 1.165) is 38.6 Å². The third-order valence-corrected chi connectivity index (χ3v) is 8.83. The van der Waals surface area contributed by atoms with Gasteiger partial charge in [-0.25, -0.2) is 14.5 Å². The van der Waals surface area contributed by atoms with Gasteiger partial charge in [0.25, 0.3) is 0 Å². The Balaban J connectivity index is 1.40. The van der Waals surface area contributed by atoms with E-state index in [0.29, 0.717) is 46.0 Å². The number of halogens is 1. The molecule has 0 spiro atoms. The summed E-state index contributed by atoms with van der Waals surface area (Å²) in [6.45, 7) is 5.70. The molecule has 0 aliphatic carbocycles. The molecule has 4 aromatic rings. The number of hydrogen-bond acceptors (Lipinski definition) is 7. The second kappa shape index (κ2) is 11.5. The van der Waals surface area contributed by atoms with Gasteiger partial charge in [-0.15, -0.1) is 16.2 Å². The first-order valence-corrected chi connectivity index (χ1v) is 14.9. The van der Waals surface area contributed by atoms with Gasteiger partial charge in [0.1, 0.15) is 16.8 Å². The minimum absolute atomic E-state index is 0.127. The number of nitrogens with zero attached hydrogens (tertiary/aromatic N) is 4. The molecule has 0 radical (unpaired) electrons. The van der Waals surface area contributed by atoms with Gasteiger partial charge in [0.15, 0.2) is 5.00 Å². The van der Waals surface area contributed by atoms with Crippen molar-refractivity contribution in [2.75, 3.05) is 16.9 Å². The summed E-state index contributed by atoms with van der Waals surface area (Å²) in [5.74, 6) is 0.289. The summed E-state index contributed by atoms with van der Waals surface area (Å²) < 4.78 is 10.5. The second-order valence-corrected chi connectivity index (χ2v) is 11.6. The van der Waals surface area contributed by atoms with Crippen molar-refractivity contribution in [1.29, 1.82) is 0 Å². The number of anilines is 2. The summed E-state index contributed by atoms with van der Waals surface area (Å²) in [4.78, 5) is 34.9. The molecule has 1 aromatic heterocycles. The fourth-order valence-corrected chi connectivity index (χ4v) is 6.49. The SMILES string of the molecule is CCc1cc2c(s1)N(Cc1ccc(-c3ccccc3/C(C)=N/OC(C)=O)cc1)C1=[N+]=C(OC)c3cc(Cl)ccc3N1C2=O. The average Bonchev–Trinajstić information content (AvgIpc) is 3.46. The van der Waals surface area contributed by atoms with Gasteiger partial charge in [-0.1, -0.05) is 72.2 Å². The zero-order valence-electron chi connectivity index (χ0n) is 24.1. The highest BCUT2D eigenvalue weighted by atomic mass is 35.5. The molecule has 10 heteroatoms. The molecule has 0 saturated carbocycles. The zero-order valence-corrected chi connectivity index (χ0v) is 25.6. The van der Waals surface area contributed by atoms with Crippen molar-refractivity contribution in [2.24, 2.45) is 5.16 Å². The van der Waals surface area contributed by atoms with E-state index in [9.17, 15) is 9.59 Å². The standard InChI is InChI=1S/C33H28ClN4O4S/c1-5-24-17-28-31(40)38-29-15-14-23(34)16-27(29)30(41-4)35-33(38)37(32(28)43-24)18-21-10-12-22(13-11-21)26-9-7-6-8-25(26)19(2)36-42-20(3)39/h6-17H,5,18H2,1-4H3/q+1/b36-19+. The molecule has 0 bridgehead atoms. The van der Waals surface area contributed by atoms with E-state index in [-0.39, 0.29) is 5.91 Å². The van der Waals surface area contributed by atoms with Crippen molar-refractivity contribution in [3.63, 3.8) is 0 Å². The Labute approximate surface area is 258 Å². The number of aryl methyl sites for hydroxylation is 1. The van der Waals surface area contributed by atoms with Crippen molar-refractivity contribution >= 4 is 63.1 Å². The number of oxime groups is 1. The molecule has 0 unspecified atom stereocenters. The third kappa shape index (κ3) is 5.23. The first-order valence-electron chi connectivity index (χ1n) is 13.7. The van der Waals surface area contributed by atoms with Crippen LogP contribution in [0.25, 0.3) is 11.1 Å². The number of methoxy groups -OCH3 is 1. The maximum absolute atomic E-state index is 13.9. The summed E-state index contributed by atoms with van der Waals surface area (Å²) in [5.41, 5.74) is 6.45. The van der Waals surface area contributed by atoms with Gasteiger partial charge in [-0.2, -0.15) is 4.67 Å². The van der Waals surface area contributed by atoms with Crippen LogP contribution in [0.1, 0.15) is 52.7 Å². The molecule has 1 amide bonds. The quantitative estimate of drug-likeness (QED) is 0.109. The van der Waals surface area contributed by atoms with Crippen molar-refractivity contribution < 1.29 is 19.2 Å². The number of benzene rings is 3. The maximum atomic E-state index is 13.9. The Morgan fingerprint density at radius 3 is 2.49 bits per heavy atom. The molecule has 0 N–H and O–H groups in total. The molecule has 3 aromatic carbocycles. The fraction of sp³-hybridized carbons (Fsp3) is 0.182. The topological polar surface area (TPSA) is 85.5 Å². The normalized spacial score (nSPS) is 14.0. The number of ether oxygens (including phenoxy) is 1. The smallest absolute Gasteiger partial charge is 0.459 e. The molecule has 216 valence electrons. The lowest BCUT2D eigenvalue weighted by atomic mass is 9.96. The summed E-state index contributed by atoms with van der Waals surface area (Å²) in [5, 5.41) is 5.37. The highest BCUT2D eigenvalue weighted by Crippen LogP contribution is 2.41. The monoisotopic (exact) mass is 611 g/mol. The van der Waals surface area contributed by atoms with Gasteiger partial charge in [-0.3, -0.25) is 0 Å². The Morgan fingerprint density at radius 2 is 1.77 bits per heavy atom. The van der Waals surface area contributed by atoms with Gasteiger partial charge < -0.3 is 9.57 Å². The predicted octanol–water partition coefficient (Wildman–Crippen LogP) is 6.41. The van der Waals surface area contributed by atoms with Crippen LogP contribution in [0.4, 0.5) is 10.7 Å². The molecule has 0 saturated heterocycles. The molecular formula is C33H28ClN4O4S+. The number of rotatable bonds is 6. The number of amides is 1. The Bertz CT molecular complexity index is 1870. The molecular weight excluding hydrogens is 584 g/mol. The zero-order chi connectivity index (χ0) is 30.2. The Morgan fingerprint density at radius 1 is 1.00 bits per heavy atom. The van der Waals surface area contributed by atoms with Crippen molar-refractivity contribution in [2.45, 2.75) is 33.7 Å². The van der Waals surface area contributed by atoms with Crippen LogP contribution in [-0.4, -0.2) is 36.6 Å². The lowest BCUT2D eigenvalue weighted by Crippen LogP contribution is -2.55. The minimum Gasteiger partial charge on any atom is -0.459 e. The molecule has 0 fully saturated rings. The number of hydrogen-bond donors (Lipinski definition) is 0. The summed E-state index contributed by atoms with van der Waals surface area (Å²) in [6.07, 6.45) is 0.821. The van der Waals surface area contributed by atoms with Crippen LogP contribution in [0.2, 0.25) is 5.02 Å². The van der Waals surface area contributed by atoms with Crippen LogP contribution in [0.15, 0.2) is 78.0 Å². The van der Waals surface area contributed by atoms with E-state index in [1.54, 1.807) is 35.5 Å². The molecule has 43 heavy (non-hydrogen) atoms. The van der Waals surface area contributed by atoms with Gasteiger partial charge in [0.2, 0.25) is 0 Å². The maximum Gasteiger partial charge on any atom is 0.465 e. The second-order valence-electron chi connectivity index (χ2n) is 10.1. The van der Waals surface area contributed by atoms with Crippen LogP contribution < -0.4 is 14.5 Å². The van der Waals surface area contributed by atoms with E-state index in [1.165, 1.54) is 6.92 Å². The molecule has 0 atom stereocenters. The lowest BCUT2D eigenvalue weighted by molar-refractivity contribution is -0.140. The first-order chi connectivity index (χ1) is 20.8. The predicted molar refractivity (Wildman–Crippen MR) is 172 cm³/mol. The fourth-order valence-electron chi connectivity index (χ4n) is 5.24. The molecule has 3 heterocycles. The van der Waals surface area contributed by atoms with E-state index < -0.39 is 5.97 Å². The molecule has 6 rings (SSSR count). The average molecular weight is 612 g/mol. The van der Waals surface area contributed by atoms with Crippen LogP contribution >= 0.6 is 22.9 Å². The number of carbonyl (C=O) groups is 2. The van der Waals surface area contributed by atoms with Gasteiger partial charge >= 0.3 is 23.7 Å². The highest BCUT2D eigenvalue weighted by Gasteiger charge is 2.49. The van der Waals surface area contributed by atoms with E-state index >= 15 is 0 Å². The van der Waals surface area contributed by atoms with Crippen molar-refractivity contribution in [3.05, 3.63) is 105 Å². The minimum atomic E-state index is -0.468. The molecule has 2 aliphatic heterocycles. The summed E-state index contributed by atoms with van der Waals surface area (Å²) >= 11 is 7.91. The highest BCUT2D eigenvalue weighted by molar-refractivity contribution is 7.17. The van der Waals surface area contributed by atoms with E-state index in [2.05, 4.69) is 41.2 Å². The van der Waals surface area contributed by atoms with Crippen LogP contribution in [0.5, 0.6) is 0 Å². The first kappa shape index (κ1) is 28.4. The van der Waals surface area contributed by atoms with Crippen LogP contribution in [-0.2, 0) is 27.3 Å². The number of guanidine groups is 1. The molecule has 2 aliphatic rings. The summed E-state index contributed by atoms with van der Waals surface area (Å²) in [6, 6.07) is 23.4.